The molecule has 18 heavy (non-hydrogen) atoms. The second kappa shape index (κ2) is 5.63. The summed E-state index contributed by atoms with van der Waals surface area (Å²) in [6.07, 6.45) is 0. The smallest absolute Gasteiger partial charge is 0.356 e. The van der Waals surface area contributed by atoms with Gasteiger partial charge in [0, 0.05) is 5.56 Å². The van der Waals surface area contributed by atoms with E-state index in [4.69, 9.17) is 5.11 Å². The molecule has 0 aliphatic carbocycles. The molecule has 2 rings (SSSR count). The number of carboxylic acids is 1. The molecule has 0 aromatic heterocycles. The van der Waals surface area contributed by atoms with E-state index in [1.165, 1.54) is 0 Å². The number of benzene rings is 2. The van der Waals surface area contributed by atoms with Gasteiger partial charge in [0.2, 0.25) is 0 Å². The monoisotopic (exact) mass is 240 g/mol. The van der Waals surface area contributed by atoms with Crippen LogP contribution in [0.15, 0.2) is 65.8 Å². The molecular formula is C14H12N2O2. The number of hydrazone groups is 1. The summed E-state index contributed by atoms with van der Waals surface area (Å²) >= 11 is 0. The Labute approximate surface area is 105 Å². The molecular weight excluding hydrogens is 228 g/mol. The molecule has 4 heteroatoms. The summed E-state index contributed by atoms with van der Waals surface area (Å²) < 4.78 is 0. The first kappa shape index (κ1) is 11.9. The Hall–Kier alpha value is -2.62. The third-order valence-corrected chi connectivity index (χ3v) is 2.32. The number of hydrogen-bond donors (Lipinski definition) is 2. The molecule has 90 valence electrons. The summed E-state index contributed by atoms with van der Waals surface area (Å²) in [5.74, 6) is -1.07. The van der Waals surface area contributed by atoms with Crippen LogP contribution in [0.5, 0.6) is 0 Å². The van der Waals surface area contributed by atoms with Gasteiger partial charge >= 0.3 is 5.97 Å². The fraction of sp³-hybridized carbons (Fsp3) is 0. The van der Waals surface area contributed by atoms with E-state index in [0.29, 0.717) is 5.56 Å². The van der Waals surface area contributed by atoms with E-state index >= 15 is 0 Å². The van der Waals surface area contributed by atoms with Crippen molar-refractivity contribution in [3.8, 4) is 0 Å². The minimum atomic E-state index is -1.07. The Kier molecular flexibility index (Phi) is 3.71. The summed E-state index contributed by atoms with van der Waals surface area (Å²) in [5, 5.41) is 13.1. The van der Waals surface area contributed by atoms with Crippen molar-refractivity contribution in [2.45, 2.75) is 0 Å². The predicted molar refractivity (Wildman–Crippen MR) is 70.7 cm³/mol. The van der Waals surface area contributed by atoms with E-state index in [9.17, 15) is 4.79 Å². The standard InChI is InChI=1S/C14H12N2O2/c17-14(18)13(11-7-3-1-4-8-11)16-15-12-9-5-2-6-10-12/h1-10,15H,(H,17,18). The minimum Gasteiger partial charge on any atom is -0.476 e. The summed E-state index contributed by atoms with van der Waals surface area (Å²) in [5.41, 5.74) is 4.02. The number of anilines is 1. The van der Waals surface area contributed by atoms with Crippen molar-refractivity contribution in [1.82, 2.24) is 0 Å². The molecule has 0 aliphatic heterocycles. The van der Waals surface area contributed by atoms with Gasteiger partial charge in [0.15, 0.2) is 5.71 Å². The second-order valence-corrected chi connectivity index (χ2v) is 3.61. The SMILES string of the molecule is O=C(O)C(=NNc1ccccc1)c1ccccc1. The summed E-state index contributed by atoms with van der Waals surface area (Å²) in [4.78, 5) is 11.2. The number of para-hydroxylation sites is 1. The highest BCUT2D eigenvalue weighted by molar-refractivity contribution is 6.42. The third kappa shape index (κ3) is 2.95. The van der Waals surface area contributed by atoms with Gasteiger partial charge in [-0.05, 0) is 12.1 Å². The van der Waals surface area contributed by atoms with Crippen molar-refractivity contribution in [3.05, 3.63) is 66.2 Å². The van der Waals surface area contributed by atoms with E-state index in [-0.39, 0.29) is 5.71 Å². The molecule has 0 fully saturated rings. The van der Waals surface area contributed by atoms with E-state index in [0.717, 1.165) is 5.69 Å². The van der Waals surface area contributed by atoms with Crippen LogP contribution in [0.1, 0.15) is 5.56 Å². The Morgan fingerprint density at radius 3 is 2.06 bits per heavy atom. The lowest BCUT2D eigenvalue weighted by Gasteiger charge is -2.03. The maximum atomic E-state index is 11.2. The summed E-state index contributed by atoms with van der Waals surface area (Å²) in [6, 6.07) is 18.0. The van der Waals surface area contributed by atoms with Crippen LogP contribution in [0.2, 0.25) is 0 Å². The lowest BCUT2D eigenvalue weighted by Crippen LogP contribution is -2.16. The van der Waals surface area contributed by atoms with Crippen LogP contribution in [0.25, 0.3) is 0 Å². The highest BCUT2D eigenvalue weighted by Gasteiger charge is 2.11. The third-order valence-electron chi connectivity index (χ3n) is 2.32. The molecule has 0 radical (unpaired) electrons. The average Bonchev–Trinajstić information content (AvgIpc) is 2.41. The van der Waals surface area contributed by atoms with Gasteiger partial charge in [-0.1, -0.05) is 48.5 Å². The van der Waals surface area contributed by atoms with Crippen LogP contribution in [-0.2, 0) is 4.79 Å². The zero-order chi connectivity index (χ0) is 12.8. The van der Waals surface area contributed by atoms with Crippen molar-refractivity contribution in [2.75, 3.05) is 5.43 Å². The number of carbonyl (C=O) groups is 1. The lowest BCUT2D eigenvalue weighted by molar-refractivity contribution is -0.129. The van der Waals surface area contributed by atoms with Crippen LogP contribution in [0, 0.1) is 0 Å². The number of nitrogens with one attached hydrogen (secondary N) is 1. The molecule has 0 aliphatic rings. The molecule has 0 heterocycles. The van der Waals surface area contributed by atoms with Crippen LogP contribution in [0.3, 0.4) is 0 Å². The Balaban J connectivity index is 2.24. The molecule has 0 bridgehead atoms. The van der Waals surface area contributed by atoms with Crippen LogP contribution < -0.4 is 5.43 Å². The number of aliphatic carboxylic acids is 1. The fourth-order valence-corrected chi connectivity index (χ4v) is 1.47. The topological polar surface area (TPSA) is 61.7 Å². The van der Waals surface area contributed by atoms with E-state index in [1.54, 1.807) is 24.3 Å². The summed E-state index contributed by atoms with van der Waals surface area (Å²) in [6.45, 7) is 0. The molecule has 0 unspecified atom stereocenters. The molecule has 2 aromatic carbocycles. The van der Waals surface area contributed by atoms with E-state index in [1.807, 2.05) is 36.4 Å². The van der Waals surface area contributed by atoms with Crippen LogP contribution in [-0.4, -0.2) is 16.8 Å². The predicted octanol–water partition coefficient (Wildman–Crippen LogP) is 2.59. The molecule has 0 saturated carbocycles. The summed E-state index contributed by atoms with van der Waals surface area (Å²) in [7, 11) is 0. The van der Waals surface area contributed by atoms with Crippen LogP contribution in [0.4, 0.5) is 5.69 Å². The first-order chi connectivity index (χ1) is 8.77. The molecule has 4 nitrogen and oxygen atoms in total. The molecule has 2 N–H and O–H groups in total. The van der Waals surface area contributed by atoms with E-state index in [2.05, 4.69) is 10.5 Å². The van der Waals surface area contributed by atoms with Gasteiger partial charge in [-0.3, -0.25) is 5.43 Å². The van der Waals surface area contributed by atoms with Gasteiger partial charge in [0.25, 0.3) is 0 Å². The Bertz CT molecular complexity index is 551. The van der Waals surface area contributed by atoms with Gasteiger partial charge in [-0.2, -0.15) is 5.10 Å². The first-order valence-corrected chi connectivity index (χ1v) is 5.45. The quantitative estimate of drug-likeness (QED) is 0.637. The van der Waals surface area contributed by atoms with Crippen molar-refractivity contribution >= 4 is 17.4 Å². The number of rotatable bonds is 4. The fourth-order valence-electron chi connectivity index (χ4n) is 1.47. The molecule has 2 aromatic rings. The molecule has 0 saturated heterocycles. The Morgan fingerprint density at radius 2 is 1.50 bits per heavy atom. The number of carboxylic acid groups (broad SMARTS) is 1. The maximum absolute atomic E-state index is 11.2. The van der Waals surface area contributed by atoms with Gasteiger partial charge < -0.3 is 5.11 Å². The second-order valence-electron chi connectivity index (χ2n) is 3.61. The minimum absolute atomic E-state index is 0.0144. The van der Waals surface area contributed by atoms with Crippen molar-refractivity contribution in [2.24, 2.45) is 5.10 Å². The zero-order valence-corrected chi connectivity index (χ0v) is 9.58. The highest BCUT2D eigenvalue weighted by Crippen LogP contribution is 2.07. The largest absolute Gasteiger partial charge is 0.476 e. The van der Waals surface area contributed by atoms with Gasteiger partial charge in [0.1, 0.15) is 0 Å². The van der Waals surface area contributed by atoms with Crippen molar-refractivity contribution in [1.29, 1.82) is 0 Å². The average molecular weight is 240 g/mol. The molecule has 0 atom stereocenters. The Morgan fingerprint density at radius 1 is 0.944 bits per heavy atom. The normalized spacial score (nSPS) is 11.0. The molecule has 0 amide bonds. The van der Waals surface area contributed by atoms with Gasteiger partial charge in [0.05, 0.1) is 5.69 Å². The lowest BCUT2D eigenvalue weighted by atomic mass is 10.1. The van der Waals surface area contributed by atoms with Gasteiger partial charge in [-0.15, -0.1) is 0 Å². The van der Waals surface area contributed by atoms with E-state index < -0.39 is 5.97 Å². The maximum Gasteiger partial charge on any atom is 0.356 e. The van der Waals surface area contributed by atoms with Crippen molar-refractivity contribution < 1.29 is 9.90 Å². The van der Waals surface area contributed by atoms with Gasteiger partial charge in [-0.25, -0.2) is 4.79 Å². The zero-order valence-electron chi connectivity index (χ0n) is 9.58. The van der Waals surface area contributed by atoms with Crippen molar-refractivity contribution in [3.63, 3.8) is 0 Å². The highest BCUT2D eigenvalue weighted by atomic mass is 16.4. The number of hydrogen-bond acceptors (Lipinski definition) is 3. The molecule has 0 spiro atoms. The van der Waals surface area contributed by atoms with Crippen LogP contribution >= 0.6 is 0 Å². The number of nitrogens with zero attached hydrogens (tertiary/aromatic N) is 1. The first-order valence-electron chi connectivity index (χ1n) is 5.45.